The molecule has 0 aromatic heterocycles. The maximum absolute atomic E-state index is 10.6. The van der Waals surface area contributed by atoms with Gasteiger partial charge < -0.3 is 10.2 Å². The van der Waals surface area contributed by atoms with Gasteiger partial charge in [0.25, 0.3) is 0 Å². The van der Waals surface area contributed by atoms with Crippen molar-refractivity contribution in [3.8, 4) is 0 Å². The van der Waals surface area contributed by atoms with E-state index in [4.69, 9.17) is 0 Å². The third kappa shape index (κ3) is 3.86. The Kier molecular flexibility index (Phi) is 6.01. The Hall–Kier alpha value is -0.340. The topological polar surface area (TPSA) is 40.5 Å². The number of aliphatic hydroxyl groups is 2. The molecule has 0 spiro atoms. The molecule has 0 aliphatic heterocycles. The van der Waals surface area contributed by atoms with Gasteiger partial charge in [0.05, 0.1) is 11.7 Å². The summed E-state index contributed by atoms with van der Waals surface area (Å²) in [5, 5.41) is 20.8. The summed E-state index contributed by atoms with van der Waals surface area (Å²) in [4.78, 5) is 0. The molecule has 8 atom stereocenters. The van der Waals surface area contributed by atoms with Gasteiger partial charge >= 0.3 is 0 Å². The molecule has 4 rings (SSSR count). The minimum atomic E-state index is -0.462. The van der Waals surface area contributed by atoms with E-state index in [1.54, 1.807) is 5.57 Å². The molecule has 2 nitrogen and oxygen atoms in total. The molecule has 3 saturated carbocycles. The fourth-order valence-corrected chi connectivity index (χ4v) is 8.62. The van der Waals surface area contributed by atoms with E-state index in [1.165, 1.54) is 51.4 Å². The zero-order chi connectivity index (χ0) is 20.9. The average Bonchev–Trinajstić information content (AvgIpc) is 2.99. The summed E-state index contributed by atoms with van der Waals surface area (Å²) in [6.07, 6.45) is 18.0. The van der Waals surface area contributed by atoms with Gasteiger partial charge in [0.2, 0.25) is 0 Å². The van der Waals surface area contributed by atoms with Crippen molar-refractivity contribution < 1.29 is 10.2 Å². The molecule has 4 aliphatic carbocycles. The summed E-state index contributed by atoms with van der Waals surface area (Å²) in [6.45, 7) is 9.37. The highest BCUT2D eigenvalue weighted by atomic mass is 16.3. The summed E-state index contributed by atoms with van der Waals surface area (Å²) in [7, 11) is 0. The maximum Gasteiger partial charge on any atom is 0.0619 e. The van der Waals surface area contributed by atoms with Crippen molar-refractivity contribution in [1.82, 2.24) is 0 Å². The van der Waals surface area contributed by atoms with Gasteiger partial charge in [0, 0.05) is 0 Å². The number of rotatable bonds is 6. The maximum atomic E-state index is 10.6. The van der Waals surface area contributed by atoms with E-state index in [0.717, 1.165) is 55.8 Å². The number of hydrogen-bond acceptors (Lipinski definition) is 2. The van der Waals surface area contributed by atoms with Crippen LogP contribution in [0, 0.1) is 34.5 Å². The predicted molar refractivity (Wildman–Crippen MR) is 121 cm³/mol. The van der Waals surface area contributed by atoms with Crippen LogP contribution >= 0.6 is 0 Å². The third-order valence-corrected chi connectivity index (χ3v) is 10.3. The van der Waals surface area contributed by atoms with Gasteiger partial charge in [0.15, 0.2) is 0 Å². The highest BCUT2D eigenvalue weighted by Gasteiger charge is 2.58. The Bertz CT molecular complexity index is 622. The van der Waals surface area contributed by atoms with Gasteiger partial charge in [-0.2, -0.15) is 0 Å². The van der Waals surface area contributed by atoms with E-state index in [1.807, 2.05) is 6.92 Å². The summed E-state index contributed by atoms with van der Waals surface area (Å²) >= 11 is 0. The summed E-state index contributed by atoms with van der Waals surface area (Å²) in [5.41, 5.74) is 2.01. The van der Waals surface area contributed by atoms with Crippen LogP contribution in [0.2, 0.25) is 0 Å². The Labute approximate surface area is 179 Å². The van der Waals surface area contributed by atoms with Gasteiger partial charge in [-0.15, -0.1) is 0 Å². The van der Waals surface area contributed by atoms with E-state index in [-0.39, 0.29) is 6.10 Å². The van der Waals surface area contributed by atoms with E-state index in [0.29, 0.717) is 10.8 Å². The van der Waals surface area contributed by atoms with Crippen LogP contribution in [0.5, 0.6) is 0 Å². The van der Waals surface area contributed by atoms with Gasteiger partial charge in [-0.1, -0.05) is 45.3 Å². The third-order valence-electron chi connectivity index (χ3n) is 10.3. The van der Waals surface area contributed by atoms with Gasteiger partial charge in [-0.05, 0) is 112 Å². The van der Waals surface area contributed by atoms with Crippen molar-refractivity contribution in [2.75, 3.05) is 0 Å². The van der Waals surface area contributed by atoms with Crippen molar-refractivity contribution in [3.63, 3.8) is 0 Å². The Morgan fingerprint density at radius 2 is 1.86 bits per heavy atom. The smallest absolute Gasteiger partial charge is 0.0619 e. The number of hydrogen-bond donors (Lipinski definition) is 2. The Morgan fingerprint density at radius 1 is 1.07 bits per heavy atom. The standard InChI is InChI=1S/C27H46O2/c1-5-14-25(2,29)15-6-7-19-9-11-23-22-10-8-20-18-21(28)12-16-27(20,4)24(22)13-17-26(19,23)3/h8,19,21-24,28-29H,5-7,9-18H2,1-4H3/t19?,21?,22?,23?,24?,25-,26+,27-/m0/s1. The lowest BCUT2D eigenvalue weighted by molar-refractivity contribution is -0.0517. The number of allylic oxidation sites excluding steroid dienone is 1. The quantitative estimate of drug-likeness (QED) is 0.488. The molecule has 2 heteroatoms. The van der Waals surface area contributed by atoms with Crippen LogP contribution in [-0.4, -0.2) is 21.9 Å². The highest BCUT2D eigenvalue weighted by molar-refractivity contribution is 5.25. The van der Waals surface area contributed by atoms with Crippen LogP contribution in [0.1, 0.15) is 111 Å². The molecule has 3 fully saturated rings. The predicted octanol–water partition coefficient (Wildman–Crippen LogP) is 6.65. The molecule has 4 aliphatic rings. The Balaban J connectivity index is 1.43. The van der Waals surface area contributed by atoms with Crippen LogP contribution in [0.3, 0.4) is 0 Å². The first-order valence-electron chi connectivity index (χ1n) is 12.8. The summed E-state index contributed by atoms with van der Waals surface area (Å²) in [5.74, 6) is 3.46. The van der Waals surface area contributed by atoms with Crippen LogP contribution < -0.4 is 0 Å². The minimum absolute atomic E-state index is 0.0967. The zero-order valence-corrected chi connectivity index (χ0v) is 19.6. The SMILES string of the molecule is CCC[C@](C)(O)CCCC1CCC2C3CC=C4CC(O)CC[C@]4(C)C3CC[C@]12C. The van der Waals surface area contributed by atoms with Gasteiger partial charge in [-0.25, -0.2) is 0 Å². The largest absolute Gasteiger partial charge is 0.393 e. The molecule has 0 heterocycles. The molecule has 0 saturated heterocycles. The van der Waals surface area contributed by atoms with E-state index in [9.17, 15) is 10.2 Å². The first-order valence-corrected chi connectivity index (χ1v) is 12.8. The van der Waals surface area contributed by atoms with Crippen LogP contribution in [0.25, 0.3) is 0 Å². The molecule has 166 valence electrons. The normalized spacial score (nSPS) is 46.3. The molecule has 0 aromatic rings. The monoisotopic (exact) mass is 402 g/mol. The second kappa shape index (κ2) is 7.97. The average molecular weight is 403 g/mol. The molecule has 5 unspecified atom stereocenters. The molecule has 0 amide bonds. The molecule has 0 aromatic carbocycles. The summed E-state index contributed by atoms with van der Waals surface area (Å²) in [6, 6.07) is 0. The van der Waals surface area contributed by atoms with Crippen LogP contribution in [0.15, 0.2) is 11.6 Å². The molecular weight excluding hydrogens is 356 g/mol. The van der Waals surface area contributed by atoms with Gasteiger partial charge in [0.1, 0.15) is 0 Å². The molecule has 29 heavy (non-hydrogen) atoms. The fourth-order valence-electron chi connectivity index (χ4n) is 8.62. The van der Waals surface area contributed by atoms with Crippen molar-refractivity contribution in [2.24, 2.45) is 34.5 Å². The number of aliphatic hydroxyl groups excluding tert-OH is 1. The fraction of sp³-hybridized carbons (Fsp3) is 0.926. The highest BCUT2D eigenvalue weighted by Crippen LogP contribution is 2.66. The first kappa shape index (κ1) is 21.9. The van der Waals surface area contributed by atoms with Gasteiger partial charge in [-0.3, -0.25) is 0 Å². The second-order valence-electron chi connectivity index (χ2n) is 12.1. The lowest BCUT2D eigenvalue weighted by Crippen LogP contribution is -2.50. The van der Waals surface area contributed by atoms with Crippen molar-refractivity contribution in [1.29, 1.82) is 0 Å². The molecule has 0 radical (unpaired) electrons. The van der Waals surface area contributed by atoms with E-state index in [2.05, 4.69) is 26.8 Å². The lowest BCUT2D eigenvalue weighted by atomic mass is 9.47. The minimum Gasteiger partial charge on any atom is -0.393 e. The van der Waals surface area contributed by atoms with Crippen molar-refractivity contribution >= 4 is 0 Å². The van der Waals surface area contributed by atoms with E-state index < -0.39 is 5.60 Å². The lowest BCUT2D eigenvalue weighted by Gasteiger charge is -2.58. The molecule has 0 bridgehead atoms. The van der Waals surface area contributed by atoms with Crippen molar-refractivity contribution in [2.45, 2.75) is 123 Å². The van der Waals surface area contributed by atoms with E-state index >= 15 is 0 Å². The number of fused-ring (bicyclic) bond motifs is 5. The zero-order valence-electron chi connectivity index (χ0n) is 19.6. The van der Waals surface area contributed by atoms with Crippen LogP contribution in [0.4, 0.5) is 0 Å². The molecular formula is C27H46O2. The first-order chi connectivity index (χ1) is 13.7. The van der Waals surface area contributed by atoms with Crippen LogP contribution in [-0.2, 0) is 0 Å². The summed E-state index contributed by atoms with van der Waals surface area (Å²) < 4.78 is 0. The molecule has 2 N–H and O–H groups in total. The Morgan fingerprint density at radius 3 is 2.62 bits per heavy atom. The second-order valence-corrected chi connectivity index (χ2v) is 12.1. The van der Waals surface area contributed by atoms with Crippen molar-refractivity contribution in [3.05, 3.63) is 11.6 Å².